The van der Waals surface area contributed by atoms with E-state index in [1.165, 1.54) is 0 Å². The molecule has 2 aliphatic rings. The first kappa shape index (κ1) is 22.8. The van der Waals surface area contributed by atoms with Crippen LogP contribution < -0.4 is 10.4 Å². The Labute approximate surface area is 187 Å². The number of fused-ring (bicyclic) bond motifs is 1. The summed E-state index contributed by atoms with van der Waals surface area (Å²) in [5, 5.41) is 2.11. The van der Waals surface area contributed by atoms with Crippen molar-refractivity contribution in [2.45, 2.75) is 63.4 Å². The van der Waals surface area contributed by atoms with Crippen molar-refractivity contribution >= 4 is 30.1 Å². The van der Waals surface area contributed by atoms with Crippen molar-refractivity contribution in [1.29, 1.82) is 0 Å². The Morgan fingerprint density at radius 2 is 1.42 bits per heavy atom. The molecular weight excluding hydrogens is 432 g/mol. The van der Waals surface area contributed by atoms with Gasteiger partial charge in [-0.1, -0.05) is 81.4 Å². The van der Waals surface area contributed by atoms with E-state index in [0.29, 0.717) is 0 Å². The highest BCUT2D eigenvalue weighted by Crippen LogP contribution is 2.41. The molecule has 2 saturated heterocycles. The smallest absolute Gasteiger partial charge is 0.305 e. The fraction of sp³-hybridized carbons (Fsp3) is 0.478. The summed E-state index contributed by atoms with van der Waals surface area (Å²) in [6, 6.07) is 20.8. The summed E-state index contributed by atoms with van der Waals surface area (Å²) in [4.78, 5) is 0. The lowest BCUT2D eigenvalue weighted by atomic mass is 10.0. The normalized spacial score (nSPS) is 31.4. The van der Waals surface area contributed by atoms with Gasteiger partial charge in [-0.15, -0.1) is 0 Å². The van der Waals surface area contributed by atoms with E-state index in [9.17, 15) is 4.21 Å². The van der Waals surface area contributed by atoms with E-state index < -0.39 is 44.3 Å². The molecule has 168 valence electrons. The highest BCUT2D eigenvalue weighted by Gasteiger charge is 2.58. The molecule has 0 N–H and O–H groups in total. The van der Waals surface area contributed by atoms with Gasteiger partial charge in [-0.3, -0.25) is 8.37 Å². The van der Waals surface area contributed by atoms with Gasteiger partial charge in [0.05, 0.1) is 6.10 Å². The van der Waals surface area contributed by atoms with E-state index in [0.717, 1.165) is 10.4 Å². The number of rotatable bonds is 5. The van der Waals surface area contributed by atoms with Crippen LogP contribution in [0, 0.1) is 0 Å². The fourth-order valence-corrected chi connectivity index (χ4v) is 10.2. The van der Waals surface area contributed by atoms with Gasteiger partial charge in [0, 0.05) is 7.11 Å². The Morgan fingerprint density at radius 3 is 1.90 bits per heavy atom. The maximum Gasteiger partial charge on any atom is 0.305 e. The highest BCUT2D eigenvalue weighted by atomic mass is 32.2. The van der Waals surface area contributed by atoms with Crippen LogP contribution in [0.3, 0.4) is 0 Å². The summed E-state index contributed by atoms with van der Waals surface area (Å²) in [5.41, 5.74) is 0. The fourth-order valence-electron chi connectivity index (χ4n) is 4.64. The molecule has 2 fully saturated rings. The van der Waals surface area contributed by atoms with Crippen molar-refractivity contribution in [2.24, 2.45) is 0 Å². The van der Waals surface area contributed by atoms with E-state index in [2.05, 4.69) is 45.0 Å². The molecule has 1 unspecified atom stereocenters. The second kappa shape index (κ2) is 8.86. The van der Waals surface area contributed by atoms with Gasteiger partial charge < -0.3 is 13.9 Å². The van der Waals surface area contributed by atoms with Crippen LogP contribution in [0.25, 0.3) is 0 Å². The molecule has 2 heterocycles. The van der Waals surface area contributed by atoms with Crippen molar-refractivity contribution in [3.63, 3.8) is 0 Å². The average Bonchev–Trinajstić information content (AvgIpc) is 3.14. The lowest BCUT2D eigenvalue weighted by molar-refractivity contribution is -0.257. The number of ether oxygens (including phenoxy) is 2. The predicted octanol–water partition coefficient (Wildman–Crippen LogP) is 2.69. The Bertz CT molecular complexity index is 864. The molecule has 0 aromatic heterocycles. The lowest BCUT2D eigenvalue weighted by Gasteiger charge is -2.49. The Balaban J connectivity index is 1.84. The van der Waals surface area contributed by atoms with Gasteiger partial charge in [0.1, 0.15) is 12.2 Å². The van der Waals surface area contributed by atoms with Crippen molar-refractivity contribution in [3.8, 4) is 0 Å². The molecule has 31 heavy (non-hydrogen) atoms. The van der Waals surface area contributed by atoms with Crippen LogP contribution in [0.4, 0.5) is 0 Å². The molecule has 2 aromatic carbocycles. The van der Waals surface area contributed by atoms with E-state index in [4.69, 9.17) is 22.3 Å². The first-order valence-electron chi connectivity index (χ1n) is 10.5. The monoisotopic (exact) mass is 462 g/mol. The molecule has 0 saturated carbocycles. The largest absolute Gasteiger partial charge is 0.399 e. The zero-order valence-corrected chi connectivity index (χ0v) is 20.3. The summed E-state index contributed by atoms with van der Waals surface area (Å²) < 4.78 is 42.0. The summed E-state index contributed by atoms with van der Waals surface area (Å²) >= 11 is -1.86. The van der Waals surface area contributed by atoms with Crippen molar-refractivity contribution in [2.75, 3.05) is 7.11 Å². The zero-order valence-electron chi connectivity index (χ0n) is 18.5. The molecule has 6 atom stereocenters. The molecule has 0 amide bonds. The Kier molecular flexibility index (Phi) is 6.51. The van der Waals surface area contributed by atoms with E-state index in [-0.39, 0.29) is 11.1 Å². The third-order valence-corrected chi connectivity index (χ3v) is 11.9. The SMILES string of the molecule is CO[C@@H]1O[C@@H](C)[C@H](O[Si](c2ccccc2)(c2ccccc2)C(C)(C)C)[C@H]2OS(=O)O[C@@H]12. The molecule has 6 nitrogen and oxygen atoms in total. The van der Waals surface area contributed by atoms with Gasteiger partial charge in [0.15, 0.2) is 12.4 Å². The van der Waals surface area contributed by atoms with Gasteiger partial charge in [-0.25, -0.2) is 0 Å². The topological polar surface area (TPSA) is 63.2 Å². The maximum absolute atomic E-state index is 12.1. The Morgan fingerprint density at radius 1 is 0.903 bits per heavy atom. The third-order valence-electron chi connectivity index (χ3n) is 6.07. The molecule has 2 aliphatic heterocycles. The predicted molar refractivity (Wildman–Crippen MR) is 122 cm³/mol. The minimum Gasteiger partial charge on any atom is -0.399 e. The van der Waals surface area contributed by atoms with Crippen LogP contribution in [0.2, 0.25) is 5.04 Å². The van der Waals surface area contributed by atoms with E-state index in [1.54, 1.807) is 7.11 Å². The van der Waals surface area contributed by atoms with Crippen LogP contribution in [0.1, 0.15) is 27.7 Å². The standard InChI is InChI=1S/C23H30O6SSi/c1-16-19(20-21(22(25-5)26-16)28-30(24)27-20)29-31(23(2,3)4,17-12-8-6-9-13-17)18-14-10-7-11-15-18/h6-16,19-22H,1-5H3/t16-,19-,20+,21+,22+,30?/m0/s1. The second-order valence-electron chi connectivity index (χ2n) is 9.02. The minimum absolute atomic E-state index is 0.207. The first-order chi connectivity index (χ1) is 14.8. The first-order valence-corrected chi connectivity index (χ1v) is 13.4. The maximum atomic E-state index is 12.1. The summed E-state index contributed by atoms with van der Waals surface area (Å²) in [6.45, 7) is 8.59. The highest BCUT2D eigenvalue weighted by molar-refractivity contribution is 7.75. The van der Waals surface area contributed by atoms with Gasteiger partial charge in [0.25, 0.3) is 8.32 Å². The number of hydrogen-bond acceptors (Lipinski definition) is 6. The van der Waals surface area contributed by atoms with Gasteiger partial charge >= 0.3 is 11.4 Å². The number of methoxy groups -OCH3 is 1. The molecule has 0 bridgehead atoms. The lowest BCUT2D eigenvalue weighted by Crippen LogP contribution is -2.71. The molecular formula is C23H30O6SSi. The quantitative estimate of drug-likeness (QED) is 0.637. The average molecular weight is 463 g/mol. The molecule has 2 aromatic rings. The summed E-state index contributed by atoms with van der Waals surface area (Å²) in [5.74, 6) is 0. The van der Waals surface area contributed by atoms with Gasteiger partial charge in [-0.2, -0.15) is 4.21 Å². The molecule has 8 heteroatoms. The van der Waals surface area contributed by atoms with Crippen LogP contribution in [-0.4, -0.2) is 50.3 Å². The van der Waals surface area contributed by atoms with Crippen LogP contribution >= 0.6 is 0 Å². The minimum atomic E-state index is -2.85. The van der Waals surface area contributed by atoms with Gasteiger partial charge in [-0.05, 0) is 22.3 Å². The second-order valence-corrected chi connectivity index (χ2v) is 14.1. The molecule has 0 aliphatic carbocycles. The summed E-state index contributed by atoms with van der Waals surface area (Å²) in [6.07, 6.45) is -2.66. The molecule has 0 radical (unpaired) electrons. The van der Waals surface area contributed by atoms with Crippen LogP contribution in [0.5, 0.6) is 0 Å². The zero-order chi connectivity index (χ0) is 22.2. The van der Waals surface area contributed by atoms with Crippen molar-refractivity contribution < 1.29 is 26.5 Å². The summed E-state index contributed by atoms with van der Waals surface area (Å²) in [7, 11) is -1.30. The molecule has 4 rings (SSSR count). The van der Waals surface area contributed by atoms with E-state index in [1.807, 2.05) is 43.3 Å². The van der Waals surface area contributed by atoms with Crippen LogP contribution in [-0.2, 0) is 33.6 Å². The van der Waals surface area contributed by atoms with E-state index >= 15 is 0 Å². The molecule has 0 spiro atoms. The number of hydrogen-bond donors (Lipinski definition) is 0. The third kappa shape index (κ3) is 4.06. The van der Waals surface area contributed by atoms with Crippen LogP contribution in [0.15, 0.2) is 60.7 Å². The van der Waals surface area contributed by atoms with Gasteiger partial charge in [0.2, 0.25) is 0 Å². The number of benzene rings is 2. The Hall–Kier alpha value is -1.39. The van der Waals surface area contributed by atoms with Crippen molar-refractivity contribution in [1.82, 2.24) is 0 Å². The van der Waals surface area contributed by atoms with Crippen molar-refractivity contribution in [3.05, 3.63) is 60.7 Å².